The molecule has 0 aliphatic rings. The number of hydrogen-bond donors (Lipinski definition) is 2. The number of benzene rings is 1. The summed E-state index contributed by atoms with van der Waals surface area (Å²) in [7, 11) is 0. The topological polar surface area (TPSA) is 29.1 Å². The van der Waals surface area contributed by atoms with Crippen molar-refractivity contribution in [3.63, 3.8) is 0 Å². The normalized spacial score (nSPS) is 12.5. The molecule has 1 atom stereocenters. The van der Waals surface area contributed by atoms with Crippen LogP contribution in [0.15, 0.2) is 24.3 Å². The van der Waals surface area contributed by atoms with Crippen molar-refractivity contribution in [2.45, 2.75) is 38.9 Å². The van der Waals surface area contributed by atoms with Crippen molar-refractivity contribution in [1.82, 2.24) is 0 Å². The Morgan fingerprint density at radius 3 is 2.59 bits per heavy atom. The molecule has 0 aliphatic heterocycles. The minimum absolute atomic E-state index is 0.0214. The summed E-state index contributed by atoms with van der Waals surface area (Å²) in [5.74, 6) is 0.212. The molecule has 0 aliphatic carbocycles. The molecule has 0 bridgehead atoms. The number of hydrogen-bond acceptors (Lipinski definition) is 2. The van der Waals surface area contributed by atoms with E-state index in [4.69, 9.17) is 0 Å². The summed E-state index contributed by atoms with van der Waals surface area (Å²) in [5, 5.41) is 2.70. The largest absolute Gasteiger partial charge is 0.325 e. The Labute approximate surface area is 109 Å². The predicted molar refractivity (Wildman–Crippen MR) is 76.7 cm³/mol. The van der Waals surface area contributed by atoms with E-state index in [-0.39, 0.29) is 17.1 Å². The summed E-state index contributed by atoms with van der Waals surface area (Å²) in [6.07, 6.45) is 2.05. The van der Waals surface area contributed by atoms with Gasteiger partial charge in [0, 0.05) is 5.69 Å². The number of rotatable bonds is 5. The average molecular weight is 251 g/mol. The van der Waals surface area contributed by atoms with Crippen LogP contribution in [0.2, 0.25) is 0 Å². The zero-order chi connectivity index (χ0) is 12.8. The molecule has 1 N–H and O–H groups in total. The Morgan fingerprint density at radius 1 is 1.35 bits per heavy atom. The highest BCUT2D eigenvalue weighted by molar-refractivity contribution is 7.81. The molecular formula is C14H21NOS. The first kappa shape index (κ1) is 14.1. The SMILES string of the molecule is CCCc1ccccc1NC(=O)C(S)C(C)C. The van der Waals surface area contributed by atoms with Crippen LogP contribution in [0.4, 0.5) is 5.69 Å². The lowest BCUT2D eigenvalue weighted by Gasteiger charge is -2.16. The second-order valence-corrected chi connectivity index (χ2v) is 5.14. The lowest BCUT2D eigenvalue weighted by Crippen LogP contribution is -2.27. The molecule has 0 radical (unpaired) electrons. The van der Waals surface area contributed by atoms with Gasteiger partial charge in [-0.15, -0.1) is 0 Å². The summed E-state index contributed by atoms with van der Waals surface area (Å²) in [5.41, 5.74) is 2.10. The van der Waals surface area contributed by atoms with E-state index in [9.17, 15) is 4.79 Å². The maximum atomic E-state index is 11.9. The highest BCUT2D eigenvalue weighted by Crippen LogP contribution is 2.19. The lowest BCUT2D eigenvalue weighted by atomic mass is 10.1. The maximum Gasteiger partial charge on any atom is 0.237 e. The van der Waals surface area contributed by atoms with E-state index in [1.807, 2.05) is 32.0 Å². The molecule has 1 amide bonds. The molecule has 1 aromatic rings. The van der Waals surface area contributed by atoms with Crippen LogP contribution in [-0.2, 0) is 11.2 Å². The van der Waals surface area contributed by atoms with E-state index in [2.05, 4.69) is 30.9 Å². The van der Waals surface area contributed by atoms with Crippen molar-refractivity contribution in [2.24, 2.45) is 5.92 Å². The van der Waals surface area contributed by atoms with Gasteiger partial charge in [-0.3, -0.25) is 4.79 Å². The molecule has 1 rings (SSSR count). The van der Waals surface area contributed by atoms with Crippen molar-refractivity contribution in [3.8, 4) is 0 Å². The molecule has 2 nitrogen and oxygen atoms in total. The molecular weight excluding hydrogens is 230 g/mol. The third-order valence-corrected chi connectivity index (χ3v) is 3.53. The second-order valence-electron chi connectivity index (χ2n) is 4.59. The number of carbonyl (C=O) groups is 1. The van der Waals surface area contributed by atoms with Gasteiger partial charge < -0.3 is 5.32 Å². The predicted octanol–water partition coefficient (Wildman–Crippen LogP) is 3.53. The number of aryl methyl sites for hydroxylation is 1. The van der Waals surface area contributed by atoms with Gasteiger partial charge in [0.05, 0.1) is 5.25 Å². The lowest BCUT2D eigenvalue weighted by molar-refractivity contribution is -0.116. The standard InChI is InChI=1S/C14H21NOS/c1-4-7-11-8-5-6-9-12(11)15-14(16)13(17)10(2)3/h5-6,8-10,13,17H,4,7H2,1-3H3,(H,15,16). The highest BCUT2D eigenvalue weighted by atomic mass is 32.1. The molecule has 1 unspecified atom stereocenters. The fraction of sp³-hybridized carbons (Fsp3) is 0.500. The van der Waals surface area contributed by atoms with E-state index in [0.717, 1.165) is 18.5 Å². The number of nitrogens with one attached hydrogen (secondary N) is 1. The monoisotopic (exact) mass is 251 g/mol. The molecule has 0 aromatic heterocycles. The molecule has 0 fully saturated rings. The van der Waals surface area contributed by atoms with E-state index in [1.54, 1.807) is 0 Å². The first-order chi connectivity index (χ1) is 8.06. The van der Waals surface area contributed by atoms with Gasteiger partial charge in [-0.25, -0.2) is 0 Å². The molecule has 3 heteroatoms. The van der Waals surface area contributed by atoms with Crippen LogP contribution in [0.3, 0.4) is 0 Å². The van der Waals surface area contributed by atoms with Crippen molar-refractivity contribution in [3.05, 3.63) is 29.8 Å². The van der Waals surface area contributed by atoms with Gasteiger partial charge in [-0.05, 0) is 24.0 Å². The number of amides is 1. The number of carbonyl (C=O) groups excluding carboxylic acids is 1. The van der Waals surface area contributed by atoms with Crippen molar-refractivity contribution in [1.29, 1.82) is 0 Å². The highest BCUT2D eigenvalue weighted by Gasteiger charge is 2.18. The second kappa shape index (κ2) is 6.70. The Morgan fingerprint density at radius 2 is 2.00 bits per heavy atom. The first-order valence-corrected chi connectivity index (χ1v) is 6.64. The zero-order valence-electron chi connectivity index (χ0n) is 10.7. The first-order valence-electron chi connectivity index (χ1n) is 6.13. The summed E-state index contributed by atoms with van der Waals surface area (Å²) in [4.78, 5) is 11.9. The summed E-state index contributed by atoms with van der Waals surface area (Å²) in [6.45, 7) is 6.12. The van der Waals surface area contributed by atoms with E-state index >= 15 is 0 Å². The van der Waals surface area contributed by atoms with Gasteiger partial charge in [0.2, 0.25) is 5.91 Å². The van der Waals surface area contributed by atoms with Crippen molar-refractivity contribution >= 4 is 24.2 Å². The fourth-order valence-corrected chi connectivity index (χ4v) is 1.70. The molecule has 0 heterocycles. The summed E-state index contributed by atoms with van der Waals surface area (Å²) in [6, 6.07) is 7.95. The van der Waals surface area contributed by atoms with Gasteiger partial charge >= 0.3 is 0 Å². The Bertz CT molecular complexity index is 376. The Balaban J connectivity index is 2.77. The van der Waals surface area contributed by atoms with Crippen LogP contribution in [0.1, 0.15) is 32.8 Å². The minimum Gasteiger partial charge on any atom is -0.325 e. The van der Waals surface area contributed by atoms with Crippen LogP contribution in [0.5, 0.6) is 0 Å². The van der Waals surface area contributed by atoms with E-state index in [0.29, 0.717) is 0 Å². The quantitative estimate of drug-likeness (QED) is 0.770. The molecule has 17 heavy (non-hydrogen) atoms. The van der Waals surface area contributed by atoms with Gasteiger partial charge in [0.1, 0.15) is 0 Å². The molecule has 1 aromatic carbocycles. The maximum absolute atomic E-state index is 11.9. The van der Waals surface area contributed by atoms with Crippen LogP contribution < -0.4 is 5.32 Å². The molecule has 0 saturated carbocycles. The fourth-order valence-electron chi connectivity index (χ4n) is 1.64. The Hall–Kier alpha value is -0.960. The van der Waals surface area contributed by atoms with Crippen molar-refractivity contribution < 1.29 is 4.79 Å². The minimum atomic E-state index is -0.260. The third kappa shape index (κ3) is 4.08. The smallest absolute Gasteiger partial charge is 0.237 e. The number of anilines is 1. The van der Waals surface area contributed by atoms with Crippen LogP contribution in [0, 0.1) is 5.92 Å². The van der Waals surface area contributed by atoms with Gasteiger partial charge in [-0.1, -0.05) is 45.4 Å². The van der Waals surface area contributed by atoms with Gasteiger partial charge in [-0.2, -0.15) is 12.6 Å². The van der Waals surface area contributed by atoms with Crippen LogP contribution in [-0.4, -0.2) is 11.2 Å². The number of thiol groups is 1. The third-order valence-electron chi connectivity index (χ3n) is 2.69. The van der Waals surface area contributed by atoms with E-state index in [1.165, 1.54) is 5.56 Å². The van der Waals surface area contributed by atoms with Crippen LogP contribution in [0.25, 0.3) is 0 Å². The molecule has 0 saturated heterocycles. The van der Waals surface area contributed by atoms with E-state index < -0.39 is 0 Å². The summed E-state index contributed by atoms with van der Waals surface area (Å²) >= 11 is 4.32. The number of para-hydroxylation sites is 1. The summed E-state index contributed by atoms with van der Waals surface area (Å²) < 4.78 is 0. The van der Waals surface area contributed by atoms with Crippen molar-refractivity contribution in [2.75, 3.05) is 5.32 Å². The van der Waals surface area contributed by atoms with Gasteiger partial charge in [0.15, 0.2) is 0 Å². The Kier molecular flexibility index (Phi) is 5.56. The molecule has 0 spiro atoms. The molecule has 94 valence electrons. The zero-order valence-corrected chi connectivity index (χ0v) is 11.6. The average Bonchev–Trinajstić information content (AvgIpc) is 2.30. The van der Waals surface area contributed by atoms with Crippen LogP contribution >= 0.6 is 12.6 Å². The van der Waals surface area contributed by atoms with Gasteiger partial charge in [0.25, 0.3) is 0 Å².